The van der Waals surface area contributed by atoms with Gasteiger partial charge >= 0.3 is 0 Å². The van der Waals surface area contributed by atoms with Crippen LogP contribution in [0, 0.1) is 13.8 Å². The molecule has 3 aromatic rings. The van der Waals surface area contributed by atoms with Crippen LogP contribution in [0.4, 0.5) is 0 Å². The molecule has 0 bridgehead atoms. The molecule has 0 aliphatic carbocycles. The minimum atomic E-state index is -0.130. The Kier molecular flexibility index (Phi) is 5.59. The summed E-state index contributed by atoms with van der Waals surface area (Å²) < 4.78 is 5.24. The Hall–Kier alpha value is -2.69. The molecule has 0 unspecified atom stereocenters. The lowest BCUT2D eigenvalue weighted by atomic mass is 9.95. The van der Waals surface area contributed by atoms with E-state index in [0.29, 0.717) is 28.3 Å². The number of hydrogen-bond donors (Lipinski definition) is 1. The quantitative estimate of drug-likeness (QED) is 0.649. The first-order chi connectivity index (χ1) is 12.9. The Labute approximate surface area is 160 Å². The third-order valence-corrected chi connectivity index (χ3v) is 5.22. The van der Waals surface area contributed by atoms with Crippen molar-refractivity contribution in [3.05, 3.63) is 58.4 Å². The number of nitrogens with zero attached hydrogens (tertiary/aromatic N) is 2. The number of nitrogens with one attached hydrogen (secondary N) is 1. The molecule has 0 aliphatic heterocycles. The van der Waals surface area contributed by atoms with Crippen molar-refractivity contribution in [3.8, 4) is 0 Å². The van der Waals surface area contributed by atoms with E-state index in [1.807, 2.05) is 13.8 Å². The summed E-state index contributed by atoms with van der Waals surface area (Å²) in [6, 6.07) is 10.3. The summed E-state index contributed by atoms with van der Waals surface area (Å²) in [7, 11) is 0. The lowest BCUT2D eigenvalue weighted by Gasteiger charge is -2.19. The van der Waals surface area contributed by atoms with Gasteiger partial charge in [0, 0.05) is 5.69 Å². The first-order valence-corrected chi connectivity index (χ1v) is 9.58. The van der Waals surface area contributed by atoms with Crippen LogP contribution in [0.5, 0.6) is 0 Å². The second kappa shape index (κ2) is 7.91. The standard InChI is InChI=1S/C22H27N3O2/c1-6-13(3)16-8-10-17(11-9-16)19(7-2)24-21(26)18-12-14(4)23-22-20(18)15(5)25-27-22/h8-13,19H,6-7H2,1-5H3,(H,24,26)/t13-,19+/m1/s1. The highest BCUT2D eigenvalue weighted by Crippen LogP contribution is 2.25. The number of carbonyl (C=O) groups is 1. The van der Waals surface area contributed by atoms with Gasteiger partial charge in [-0.1, -0.05) is 50.2 Å². The van der Waals surface area contributed by atoms with Gasteiger partial charge in [-0.25, -0.2) is 4.98 Å². The average Bonchev–Trinajstić information content (AvgIpc) is 3.05. The second-order valence-electron chi connectivity index (χ2n) is 7.17. The summed E-state index contributed by atoms with van der Waals surface area (Å²) in [6.07, 6.45) is 1.92. The van der Waals surface area contributed by atoms with Crippen LogP contribution in [-0.2, 0) is 0 Å². The lowest BCUT2D eigenvalue weighted by Crippen LogP contribution is -2.28. The first kappa shape index (κ1) is 19.1. The van der Waals surface area contributed by atoms with Crippen LogP contribution in [0.25, 0.3) is 11.1 Å². The number of aromatic nitrogens is 2. The summed E-state index contributed by atoms with van der Waals surface area (Å²) in [5.41, 5.74) is 4.81. The largest absolute Gasteiger partial charge is 0.345 e. The van der Waals surface area contributed by atoms with Crippen molar-refractivity contribution in [1.82, 2.24) is 15.5 Å². The van der Waals surface area contributed by atoms with Gasteiger partial charge in [-0.15, -0.1) is 0 Å². The summed E-state index contributed by atoms with van der Waals surface area (Å²) in [5, 5.41) is 7.80. The molecule has 5 heteroatoms. The molecular formula is C22H27N3O2. The van der Waals surface area contributed by atoms with Crippen LogP contribution in [0.1, 0.15) is 78.4 Å². The van der Waals surface area contributed by atoms with Crippen LogP contribution < -0.4 is 5.32 Å². The predicted molar refractivity (Wildman–Crippen MR) is 107 cm³/mol. The topological polar surface area (TPSA) is 68.0 Å². The van der Waals surface area contributed by atoms with Crippen LogP contribution in [0.3, 0.4) is 0 Å². The zero-order valence-electron chi connectivity index (χ0n) is 16.7. The molecule has 0 aliphatic rings. The Bertz CT molecular complexity index is 944. The molecule has 142 valence electrons. The zero-order valence-corrected chi connectivity index (χ0v) is 16.7. The SMILES string of the molecule is CC[C@@H](C)c1ccc([C@H](CC)NC(=O)c2cc(C)nc3onc(C)c23)cc1. The number of carbonyl (C=O) groups excluding carboxylic acids is 1. The van der Waals surface area contributed by atoms with Gasteiger partial charge in [-0.2, -0.15) is 0 Å². The van der Waals surface area contributed by atoms with E-state index in [0.717, 1.165) is 24.1 Å². The molecule has 1 amide bonds. The van der Waals surface area contributed by atoms with Crippen LogP contribution >= 0.6 is 0 Å². The fraction of sp³-hybridized carbons (Fsp3) is 0.409. The smallest absolute Gasteiger partial charge is 0.258 e. The third-order valence-electron chi connectivity index (χ3n) is 5.22. The molecule has 0 fully saturated rings. The van der Waals surface area contributed by atoms with Crippen LogP contribution in [0.15, 0.2) is 34.9 Å². The van der Waals surface area contributed by atoms with E-state index >= 15 is 0 Å². The van der Waals surface area contributed by atoms with E-state index in [1.165, 1.54) is 5.56 Å². The highest BCUT2D eigenvalue weighted by molar-refractivity contribution is 6.06. The van der Waals surface area contributed by atoms with E-state index < -0.39 is 0 Å². The van der Waals surface area contributed by atoms with Crippen LogP contribution in [-0.4, -0.2) is 16.0 Å². The number of benzene rings is 1. The molecule has 0 radical (unpaired) electrons. The van der Waals surface area contributed by atoms with Crippen molar-refractivity contribution in [3.63, 3.8) is 0 Å². The molecule has 1 N–H and O–H groups in total. The van der Waals surface area contributed by atoms with Crippen molar-refractivity contribution < 1.29 is 9.32 Å². The maximum Gasteiger partial charge on any atom is 0.258 e. The molecule has 2 aromatic heterocycles. The second-order valence-corrected chi connectivity index (χ2v) is 7.17. The molecule has 27 heavy (non-hydrogen) atoms. The molecule has 1 aromatic carbocycles. The number of fused-ring (bicyclic) bond motifs is 1. The molecule has 2 heterocycles. The van der Waals surface area contributed by atoms with Crippen LogP contribution in [0.2, 0.25) is 0 Å². The molecular weight excluding hydrogens is 338 g/mol. The van der Waals surface area contributed by atoms with Crippen molar-refractivity contribution in [2.75, 3.05) is 0 Å². The minimum absolute atomic E-state index is 0.0489. The summed E-state index contributed by atoms with van der Waals surface area (Å²) in [6.45, 7) is 10.2. The number of amides is 1. The molecule has 0 saturated carbocycles. The van der Waals surface area contributed by atoms with E-state index in [1.54, 1.807) is 6.07 Å². The monoisotopic (exact) mass is 365 g/mol. The van der Waals surface area contributed by atoms with E-state index in [9.17, 15) is 4.79 Å². The fourth-order valence-corrected chi connectivity index (χ4v) is 3.35. The summed E-state index contributed by atoms with van der Waals surface area (Å²) in [5.74, 6) is 0.410. The van der Waals surface area contributed by atoms with Crippen molar-refractivity contribution in [1.29, 1.82) is 0 Å². The fourth-order valence-electron chi connectivity index (χ4n) is 3.35. The van der Waals surface area contributed by atoms with E-state index in [4.69, 9.17) is 4.52 Å². The Morgan fingerprint density at radius 3 is 2.41 bits per heavy atom. The Morgan fingerprint density at radius 1 is 1.11 bits per heavy atom. The number of aryl methyl sites for hydroxylation is 2. The molecule has 2 atom stereocenters. The third kappa shape index (κ3) is 3.87. The van der Waals surface area contributed by atoms with Gasteiger partial charge < -0.3 is 9.84 Å². The predicted octanol–water partition coefficient (Wildman–Crippen LogP) is 5.23. The number of rotatable bonds is 6. The lowest BCUT2D eigenvalue weighted by molar-refractivity contribution is 0.0937. The van der Waals surface area contributed by atoms with Gasteiger partial charge in [0.25, 0.3) is 11.6 Å². The normalized spacial score (nSPS) is 13.5. The number of hydrogen-bond acceptors (Lipinski definition) is 4. The summed E-state index contributed by atoms with van der Waals surface area (Å²) >= 11 is 0. The Morgan fingerprint density at radius 2 is 1.78 bits per heavy atom. The first-order valence-electron chi connectivity index (χ1n) is 9.58. The van der Waals surface area contributed by atoms with Gasteiger partial charge in [0.15, 0.2) is 0 Å². The van der Waals surface area contributed by atoms with Gasteiger partial charge in [-0.3, -0.25) is 4.79 Å². The highest BCUT2D eigenvalue weighted by Gasteiger charge is 2.20. The van der Waals surface area contributed by atoms with E-state index in [2.05, 4.69) is 60.5 Å². The number of pyridine rings is 1. The molecule has 0 spiro atoms. The average molecular weight is 365 g/mol. The molecule has 0 saturated heterocycles. The van der Waals surface area contributed by atoms with Gasteiger partial charge in [0.05, 0.1) is 22.7 Å². The van der Waals surface area contributed by atoms with Crippen molar-refractivity contribution in [2.24, 2.45) is 0 Å². The van der Waals surface area contributed by atoms with Crippen molar-refractivity contribution in [2.45, 2.75) is 59.4 Å². The van der Waals surface area contributed by atoms with Gasteiger partial charge in [-0.05, 0) is 49.8 Å². The molecule has 5 nitrogen and oxygen atoms in total. The molecule has 3 rings (SSSR count). The van der Waals surface area contributed by atoms with Gasteiger partial charge in [0.2, 0.25) is 0 Å². The van der Waals surface area contributed by atoms with Gasteiger partial charge in [0.1, 0.15) is 0 Å². The maximum absolute atomic E-state index is 13.0. The Balaban J connectivity index is 1.87. The van der Waals surface area contributed by atoms with E-state index in [-0.39, 0.29) is 11.9 Å². The van der Waals surface area contributed by atoms with Crippen molar-refractivity contribution >= 4 is 17.0 Å². The minimum Gasteiger partial charge on any atom is -0.345 e. The highest BCUT2D eigenvalue weighted by atomic mass is 16.5. The zero-order chi connectivity index (χ0) is 19.6. The summed E-state index contributed by atoms with van der Waals surface area (Å²) in [4.78, 5) is 17.3. The maximum atomic E-state index is 13.0.